The molecular weight excluding hydrogens is 370 g/mol. The Morgan fingerprint density at radius 3 is 2.85 bits per heavy atom. The first-order chi connectivity index (χ1) is 13.0. The molecule has 1 aliphatic heterocycles. The van der Waals surface area contributed by atoms with Crippen molar-refractivity contribution in [2.75, 3.05) is 18.5 Å². The van der Waals surface area contributed by atoms with Gasteiger partial charge in [0.05, 0.1) is 24.0 Å². The van der Waals surface area contributed by atoms with Crippen LogP contribution in [0.3, 0.4) is 0 Å². The second-order valence-corrected chi connectivity index (χ2v) is 6.38. The van der Waals surface area contributed by atoms with Crippen molar-refractivity contribution in [3.8, 4) is 11.8 Å². The zero-order valence-corrected chi connectivity index (χ0v) is 14.9. The van der Waals surface area contributed by atoms with Crippen LogP contribution < -0.4 is 15.4 Å². The van der Waals surface area contributed by atoms with Gasteiger partial charge in [-0.15, -0.1) is 0 Å². The van der Waals surface area contributed by atoms with E-state index in [-0.39, 0.29) is 17.8 Å². The summed E-state index contributed by atoms with van der Waals surface area (Å²) < 4.78 is 5.41. The number of halogens is 1. The number of carbonyl (C=O) groups is 2. The fraction of sp³-hybridized carbons (Fsp3) is 0.211. The summed E-state index contributed by atoms with van der Waals surface area (Å²) in [5, 5.41) is 24.3. The van der Waals surface area contributed by atoms with Crippen LogP contribution >= 0.6 is 11.6 Å². The summed E-state index contributed by atoms with van der Waals surface area (Å²) in [4.78, 5) is 24.0. The number of benzene rings is 2. The van der Waals surface area contributed by atoms with Crippen LogP contribution in [0.4, 0.5) is 5.69 Å². The first kappa shape index (κ1) is 18.7. The van der Waals surface area contributed by atoms with Gasteiger partial charge in [0, 0.05) is 18.0 Å². The zero-order chi connectivity index (χ0) is 19.4. The van der Waals surface area contributed by atoms with Crippen molar-refractivity contribution in [1.82, 2.24) is 5.32 Å². The Labute approximate surface area is 160 Å². The monoisotopic (exact) mass is 385 g/mol. The number of ether oxygens (including phenoxy) is 1. The molecule has 0 unspecified atom stereocenters. The number of rotatable bonds is 4. The van der Waals surface area contributed by atoms with E-state index in [0.717, 1.165) is 17.7 Å². The van der Waals surface area contributed by atoms with E-state index in [1.165, 1.54) is 18.2 Å². The minimum Gasteiger partial charge on any atom is -0.493 e. The van der Waals surface area contributed by atoms with Crippen molar-refractivity contribution in [1.29, 1.82) is 5.26 Å². The highest BCUT2D eigenvalue weighted by atomic mass is 35.5. The van der Waals surface area contributed by atoms with E-state index in [1.807, 2.05) is 12.1 Å². The highest BCUT2D eigenvalue weighted by Gasteiger charge is 2.19. The molecule has 3 N–H and O–H groups in total. The van der Waals surface area contributed by atoms with Crippen LogP contribution in [0, 0.1) is 11.3 Å². The Bertz CT molecular complexity index is 939. The molecule has 8 heteroatoms. The number of nitrogens with zero attached hydrogens (tertiary/aromatic N) is 1. The molecule has 27 heavy (non-hydrogen) atoms. The lowest BCUT2D eigenvalue weighted by atomic mass is 10.0. The van der Waals surface area contributed by atoms with Crippen molar-refractivity contribution in [3.63, 3.8) is 0 Å². The predicted octanol–water partition coefficient (Wildman–Crippen LogP) is 1.93. The zero-order valence-electron chi connectivity index (χ0n) is 14.2. The predicted molar refractivity (Wildman–Crippen MR) is 98.4 cm³/mol. The summed E-state index contributed by atoms with van der Waals surface area (Å²) in [5.41, 5.74) is 1.95. The van der Waals surface area contributed by atoms with Gasteiger partial charge >= 0.3 is 11.8 Å². The van der Waals surface area contributed by atoms with Crippen LogP contribution in [-0.2, 0) is 16.0 Å². The number of carbonyl (C=O) groups excluding carboxylic acids is 2. The second-order valence-electron chi connectivity index (χ2n) is 5.95. The van der Waals surface area contributed by atoms with Gasteiger partial charge in [-0.05, 0) is 41.5 Å². The fourth-order valence-corrected chi connectivity index (χ4v) is 2.87. The third kappa shape index (κ3) is 4.37. The van der Waals surface area contributed by atoms with E-state index in [1.54, 1.807) is 12.1 Å². The molecule has 2 amide bonds. The topological polar surface area (TPSA) is 111 Å². The number of nitriles is 1. The first-order valence-electron chi connectivity index (χ1n) is 8.20. The lowest BCUT2D eigenvalue weighted by Gasteiger charge is -2.13. The van der Waals surface area contributed by atoms with Gasteiger partial charge in [-0.1, -0.05) is 17.7 Å². The Morgan fingerprint density at radius 2 is 2.07 bits per heavy atom. The summed E-state index contributed by atoms with van der Waals surface area (Å²) in [7, 11) is 0. The molecule has 0 radical (unpaired) electrons. The summed E-state index contributed by atoms with van der Waals surface area (Å²) in [5.74, 6) is -1.09. The molecule has 0 aromatic heterocycles. The Morgan fingerprint density at radius 1 is 1.26 bits per heavy atom. The molecule has 0 saturated heterocycles. The van der Waals surface area contributed by atoms with Crippen molar-refractivity contribution in [2.24, 2.45) is 0 Å². The van der Waals surface area contributed by atoms with Crippen molar-refractivity contribution in [3.05, 3.63) is 58.1 Å². The Balaban J connectivity index is 1.58. The lowest BCUT2D eigenvalue weighted by molar-refractivity contribution is -0.136. The van der Waals surface area contributed by atoms with Crippen LogP contribution in [0.25, 0.3) is 0 Å². The van der Waals surface area contributed by atoms with E-state index in [0.29, 0.717) is 17.2 Å². The molecule has 0 fully saturated rings. The van der Waals surface area contributed by atoms with Gasteiger partial charge in [-0.2, -0.15) is 5.26 Å². The number of amides is 2. The summed E-state index contributed by atoms with van der Waals surface area (Å²) in [6.07, 6.45) is -0.195. The highest BCUT2D eigenvalue weighted by Crippen LogP contribution is 2.28. The van der Waals surface area contributed by atoms with Crippen LogP contribution in [0.5, 0.6) is 5.75 Å². The van der Waals surface area contributed by atoms with Gasteiger partial charge in [0.2, 0.25) is 0 Å². The number of aliphatic hydroxyl groups is 1. The van der Waals surface area contributed by atoms with E-state index in [2.05, 4.69) is 10.6 Å². The van der Waals surface area contributed by atoms with Gasteiger partial charge in [-0.3, -0.25) is 9.59 Å². The summed E-state index contributed by atoms with van der Waals surface area (Å²) >= 11 is 5.84. The van der Waals surface area contributed by atoms with Gasteiger partial charge in [0.25, 0.3) is 0 Å². The number of hydrogen-bond acceptors (Lipinski definition) is 5. The molecule has 2 aromatic carbocycles. The van der Waals surface area contributed by atoms with Gasteiger partial charge < -0.3 is 20.5 Å². The number of fused-ring (bicyclic) bond motifs is 1. The van der Waals surface area contributed by atoms with E-state index in [4.69, 9.17) is 21.6 Å². The van der Waals surface area contributed by atoms with Gasteiger partial charge in [-0.25, -0.2) is 0 Å². The molecule has 0 saturated carbocycles. The number of nitrogens with one attached hydrogen (secondary N) is 2. The standard InChI is InChI=1S/C19H16ClN3O4/c20-14-3-1-13(9-21)15(8-14)23-19(26)18(25)22-10-16(24)11-2-4-17-12(7-11)5-6-27-17/h1-4,7-8,16,24H,5-6,10H2,(H,22,25)(H,23,26)/t16-/m1/s1. The Kier molecular flexibility index (Phi) is 5.60. The van der Waals surface area contributed by atoms with E-state index >= 15 is 0 Å². The molecular formula is C19H16ClN3O4. The number of anilines is 1. The average Bonchev–Trinajstić information content (AvgIpc) is 3.13. The van der Waals surface area contributed by atoms with Crippen molar-refractivity contribution < 1.29 is 19.4 Å². The first-order valence-corrected chi connectivity index (χ1v) is 8.58. The van der Waals surface area contributed by atoms with Crippen LogP contribution in [0.2, 0.25) is 5.02 Å². The maximum atomic E-state index is 12.0. The summed E-state index contributed by atoms with van der Waals surface area (Å²) in [6.45, 7) is 0.479. The van der Waals surface area contributed by atoms with E-state index in [9.17, 15) is 14.7 Å². The maximum absolute atomic E-state index is 12.0. The molecule has 138 valence electrons. The molecule has 1 aliphatic rings. The van der Waals surface area contributed by atoms with Crippen molar-refractivity contribution >= 4 is 29.1 Å². The molecule has 0 aliphatic carbocycles. The Hall–Kier alpha value is -3.08. The van der Waals surface area contributed by atoms with Gasteiger partial charge in [0.15, 0.2) is 0 Å². The normalized spacial score (nSPS) is 13.1. The average molecular weight is 386 g/mol. The largest absolute Gasteiger partial charge is 0.493 e. The maximum Gasteiger partial charge on any atom is 0.313 e. The molecule has 1 heterocycles. The molecule has 3 rings (SSSR count). The third-order valence-corrected chi connectivity index (χ3v) is 4.35. The third-order valence-electron chi connectivity index (χ3n) is 4.11. The highest BCUT2D eigenvalue weighted by molar-refractivity contribution is 6.40. The molecule has 1 atom stereocenters. The van der Waals surface area contributed by atoms with Crippen molar-refractivity contribution in [2.45, 2.75) is 12.5 Å². The second kappa shape index (κ2) is 8.08. The number of hydrogen-bond donors (Lipinski definition) is 3. The molecule has 0 spiro atoms. The molecule has 0 bridgehead atoms. The molecule has 7 nitrogen and oxygen atoms in total. The van der Waals surface area contributed by atoms with Crippen LogP contribution in [0.15, 0.2) is 36.4 Å². The van der Waals surface area contributed by atoms with Crippen LogP contribution in [-0.4, -0.2) is 30.1 Å². The minimum absolute atomic E-state index is 0.132. The fourth-order valence-electron chi connectivity index (χ4n) is 2.70. The molecule has 2 aromatic rings. The van der Waals surface area contributed by atoms with Gasteiger partial charge in [0.1, 0.15) is 11.8 Å². The SMILES string of the molecule is N#Cc1ccc(Cl)cc1NC(=O)C(=O)NC[C@@H](O)c1ccc2c(c1)CCO2. The van der Waals surface area contributed by atoms with E-state index < -0.39 is 17.9 Å². The lowest BCUT2D eigenvalue weighted by Crippen LogP contribution is -2.37. The summed E-state index contributed by atoms with van der Waals surface area (Å²) in [6, 6.07) is 11.5. The van der Waals surface area contributed by atoms with Crippen LogP contribution in [0.1, 0.15) is 22.8 Å². The minimum atomic E-state index is -0.964. The smallest absolute Gasteiger partial charge is 0.313 e. The quantitative estimate of drug-likeness (QED) is 0.696. The number of aliphatic hydroxyl groups excluding tert-OH is 1.